The maximum absolute atomic E-state index is 11.4. The van der Waals surface area contributed by atoms with E-state index in [9.17, 15) is 19.8 Å². The molecule has 0 aromatic rings. The molecule has 0 spiro atoms. The van der Waals surface area contributed by atoms with Gasteiger partial charge < -0.3 is 10.2 Å². The van der Waals surface area contributed by atoms with E-state index >= 15 is 0 Å². The van der Waals surface area contributed by atoms with Gasteiger partial charge in [0.25, 0.3) is 0 Å². The zero-order chi connectivity index (χ0) is 15.8. The Bertz CT molecular complexity index is 304. The largest absolute Gasteiger partial charge is 0.481 e. The van der Waals surface area contributed by atoms with E-state index in [2.05, 4.69) is 6.92 Å². The van der Waals surface area contributed by atoms with Gasteiger partial charge in [0, 0.05) is 0 Å². The van der Waals surface area contributed by atoms with E-state index in [1.54, 1.807) is 20.8 Å². The summed E-state index contributed by atoms with van der Waals surface area (Å²) in [5.74, 6) is -3.62. The lowest BCUT2D eigenvalue weighted by Gasteiger charge is -2.31. The Morgan fingerprint density at radius 1 is 0.900 bits per heavy atom. The van der Waals surface area contributed by atoms with Gasteiger partial charge in [0.1, 0.15) is 0 Å². The van der Waals surface area contributed by atoms with Gasteiger partial charge in [-0.3, -0.25) is 9.59 Å². The lowest BCUT2D eigenvalue weighted by atomic mass is 9.71. The molecule has 0 saturated carbocycles. The molecule has 0 fully saturated rings. The van der Waals surface area contributed by atoms with Crippen LogP contribution in [0, 0.1) is 17.3 Å². The number of hydrogen-bond donors (Lipinski definition) is 2. The van der Waals surface area contributed by atoms with Crippen molar-refractivity contribution in [3.8, 4) is 0 Å². The zero-order valence-corrected chi connectivity index (χ0v) is 13.3. The van der Waals surface area contributed by atoms with Crippen molar-refractivity contribution in [2.75, 3.05) is 0 Å². The number of carboxylic acids is 2. The molecule has 20 heavy (non-hydrogen) atoms. The second-order valence-corrected chi connectivity index (χ2v) is 6.68. The SMILES string of the molecule is CCCCCCCC[C@@H](C(=O)O)C(C(=O)O)C(C)(C)C. The van der Waals surface area contributed by atoms with Gasteiger partial charge >= 0.3 is 11.9 Å². The normalized spacial score (nSPS) is 14.8. The summed E-state index contributed by atoms with van der Waals surface area (Å²) < 4.78 is 0. The van der Waals surface area contributed by atoms with Gasteiger partial charge in [-0.2, -0.15) is 0 Å². The number of aliphatic carboxylic acids is 2. The van der Waals surface area contributed by atoms with Crippen molar-refractivity contribution in [2.24, 2.45) is 17.3 Å². The van der Waals surface area contributed by atoms with Gasteiger partial charge in [-0.15, -0.1) is 0 Å². The summed E-state index contributed by atoms with van der Waals surface area (Å²) >= 11 is 0. The van der Waals surface area contributed by atoms with Crippen molar-refractivity contribution in [3.63, 3.8) is 0 Å². The Morgan fingerprint density at radius 3 is 1.80 bits per heavy atom. The van der Waals surface area contributed by atoms with Crippen LogP contribution >= 0.6 is 0 Å². The quantitative estimate of drug-likeness (QED) is 0.591. The topological polar surface area (TPSA) is 74.6 Å². The summed E-state index contributed by atoms with van der Waals surface area (Å²) in [4.78, 5) is 22.8. The van der Waals surface area contributed by atoms with Crippen molar-refractivity contribution in [1.82, 2.24) is 0 Å². The van der Waals surface area contributed by atoms with Crippen LogP contribution in [0.25, 0.3) is 0 Å². The van der Waals surface area contributed by atoms with E-state index in [-0.39, 0.29) is 0 Å². The predicted molar refractivity (Wildman–Crippen MR) is 79.7 cm³/mol. The van der Waals surface area contributed by atoms with Gasteiger partial charge in [-0.05, 0) is 11.8 Å². The molecule has 0 aliphatic heterocycles. The minimum absolute atomic E-state index is 0.454. The molecule has 2 N–H and O–H groups in total. The fraction of sp³-hybridized carbons (Fsp3) is 0.875. The van der Waals surface area contributed by atoms with Crippen molar-refractivity contribution in [1.29, 1.82) is 0 Å². The molecule has 0 radical (unpaired) electrons. The van der Waals surface area contributed by atoms with Crippen LogP contribution in [0.2, 0.25) is 0 Å². The maximum atomic E-state index is 11.4. The third-order valence-electron chi connectivity index (χ3n) is 3.79. The predicted octanol–water partition coefficient (Wildman–Crippen LogP) is 4.18. The standard InChI is InChI=1S/C16H30O4/c1-5-6-7-8-9-10-11-12(14(17)18)13(15(19)20)16(2,3)4/h12-13H,5-11H2,1-4H3,(H,17,18)(H,19,20)/t12-,13?/m1/s1. The molecule has 0 aromatic carbocycles. The monoisotopic (exact) mass is 286 g/mol. The Hall–Kier alpha value is -1.06. The molecule has 2 atom stereocenters. The van der Waals surface area contributed by atoms with Gasteiger partial charge in [-0.25, -0.2) is 0 Å². The smallest absolute Gasteiger partial charge is 0.307 e. The van der Waals surface area contributed by atoms with Gasteiger partial charge in [0.05, 0.1) is 11.8 Å². The number of hydrogen-bond acceptors (Lipinski definition) is 2. The maximum Gasteiger partial charge on any atom is 0.307 e. The van der Waals surface area contributed by atoms with Gasteiger partial charge in [0.2, 0.25) is 0 Å². The molecular weight excluding hydrogens is 256 g/mol. The van der Waals surface area contributed by atoms with Crippen LogP contribution in [0.5, 0.6) is 0 Å². The highest BCUT2D eigenvalue weighted by Crippen LogP contribution is 2.35. The highest BCUT2D eigenvalue weighted by molar-refractivity contribution is 5.80. The van der Waals surface area contributed by atoms with Crippen molar-refractivity contribution in [3.05, 3.63) is 0 Å². The van der Waals surface area contributed by atoms with Crippen LogP contribution in [0.4, 0.5) is 0 Å². The summed E-state index contributed by atoms with van der Waals surface area (Å²) in [5.41, 5.74) is -0.545. The van der Waals surface area contributed by atoms with E-state index < -0.39 is 29.2 Å². The van der Waals surface area contributed by atoms with Crippen molar-refractivity contribution >= 4 is 11.9 Å². The van der Waals surface area contributed by atoms with Gasteiger partial charge in [-0.1, -0.05) is 66.2 Å². The van der Waals surface area contributed by atoms with Crippen LogP contribution in [0.15, 0.2) is 0 Å². The zero-order valence-electron chi connectivity index (χ0n) is 13.3. The molecule has 0 rings (SSSR count). The van der Waals surface area contributed by atoms with E-state index in [0.29, 0.717) is 6.42 Å². The lowest BCUT2D eigenvalue weighted by molar-refractivity contribution is -0.158. The highest BCUT2D eigenvalue weighted by Gasteiger charge is 2.41. The molecule has 0 aliphatic rings. The molecule has 118 valence electrons. The Kier molecular flexibility index (Phi) is 8.51. The van der Waals surface area contributed by atoms with E-state index in [1.807, 2.05) is 0 Å². The first-order valence-corrected chi connectivity index (χ1v) is 7.67. The molecule has 0 aliphatic carbocycles. The van der Waals surface area contributed by atoms with Crippen LogP contribution in [-0.2, 0) is 9.59 Å². The molecule has 0 saturated heterocycles. The van der Waals surface area contributed by atoms with Crippen LogP contribution in [0.1, 0.15) is 72.6 Å². The number of rotatable bonds is 10. The second-order valence-electron chi connectivity index (χ2n) is 6.68. The summed E-state index contributed by atoms with van der Waals surface area (Å²) in [7, 11) is 0. The number of carboxylic acid groups (broad SMARTS) is 2. The molecule has 4 nitrogen and oxygen atoms in total. The highest BCUT2D eigenvalue weighted by atomic mass is 16.4. The van der Waals surface area contributed by atoms with Crippen LogP contribution in [-0.4, -0.2) is 22.2 Å². The summed E-state index contributed by atoms with van der Waals surface area (Å²) in [5, 5.41) is 18.7. The van der Waals surface area contributed by atoms with Crippen molar-refractivity contribution < 1.29 is 19.8 Å². The van der Waals surface area contributed by atoms with Gasteiger partial charge in [0.15, 0.2) is 0 Å². The molecule has 0 aromatic heterocycles. The van der Waals surface area contributed by atoms with Crippen LogP contribution < -0.4 is 0 Å². The average molecular weight is 286 g/mol. The Morgan fingerprint density at radius 2 is 1.40 bits per heavy atom. The summed E-state index contributed by atoms with van der Waals surface area (Å²) in [6.45, 7) is 7.54. The number of unbranched alkanes of at least 4 members (excludes halogenated alkanes) is 5. The summed E-state index contributed by atoms with van der Waals surface area (Å²) in [6, 6.07) is 0. The Labute approximate surface area is 122 Å². The molecule has 0 bridgehead atoms. The van der Waals surface area contributed by atoms with E-state index in [0.717, 1.165) is 19.3 Å². The summed E-state index contributed by atoms with van der Waals surface area (Å²) in [6.07, 6.45) is 6.91. The average Bonchev–Trinajstić information content (AvgIpc) is 2.29. The fourth-order valence-electron chi connectivity index (χ4n) is 2.72. The Balaban J connectivity index is 4.48. The third kappa shape index (κ3) is 6.92. The first-order chi connectivity index (χ1) is 9.21. The van der Waals surface area contributed by atoms with E-state index in [1.165, 1.54) is 19.3 Å². The van der Waals surface area contributed by atoms with E-state index in [4.69, 9.17) is 0 Å². The lowest BCUT2D eigenvalue weighted by Crippen LogP contribution is -2.38. The molecular formula is C16H30O4. The molecule has 4 heteroatoms. The minimum atomic E-state index is -1.00. The first kappa shape index (κ1) is 18.9. The second kappa shape index (κ2) is 8.98. The van der Waals surface area contributed by atoms with Crippen LogP contribution in [0.3, 0.4) is 0 Å². The third-order valence-corrected chi connectivity index (χ3v) is 3.79. The molecule has 0 amide bonds. The molecule has 1 unspecified atom stereocenters. The minimum Gasteiger partial charge on any atom is -0.481 e. The first-order valence-electron chi connectivity index (χ1n) is 7.67. The number of carbonyl (C=O) groups is 2. The fourth-order valence-corrected chi connectivity index (χ4v) is 2.72. The van der Waals surface area contributed by atoms with Crippen molar-refractivity contribution in [2.45, 2.75) is 72.6 Å². The molecule has 0 heterocycles.